The van der Waals surface area contributed by atoms with Gasteiger partial charge in [-0.25, -0.2) is 4.79 Å². The molecular formula is C20H21NO3. The summed E-state index contributed by atoms with van der Waals surface area (Å²) < 4.78 is 5.02. The minimum atomic E-state index is -0.393. The second kappa shape index (κ2) is 8.67. The van der Waals surface area contributed by atoms with Crippen LogP contribution in [0.2, 0.25) is 0 Å². The zero-order valence-electron chi connectivity index (χ0n) is 13.9. The van der Waals surface area contributed by atoms with Crippen LogP contribution >= 0.6 is 0 Å². The van der Waals surface area contributed by atoms with Crippen molar-refractivity contribution in [2.24, 2.45) is 0 Å². The number of para-hydroxylation sites is 1. The second-order valence-corrected chi connectivity index (χ2v) is 5.16. The van der Waals surface area contributed by atoms with Crippen LogP contribution in [0.1, 0.15) is 40.1 Å². The molecule has 2 aromatic rings. The van der Waals surface area contributed by atoms with Gasteiger partial charge < -0.3 is 10.1 Å². The number of ether oxygens (including phenoxy) is 1. The van der Waals surface area contributed by atoms with E-state index in [1.807, 2.05) is 30.3 Å². The molecule has 0 aliphatic rings. The molecule has 0 spiro atoms. The van der Waals surface area contributed by atoms with Gasteiger partial charge >= 0.3 is 5.97 Å². The summed E-state index contributed by atoms with van der Waals surface area (Å²) in [6.07, 6.45) is 3.92. The van der Waals surface area contributed by atoms with Crippen LogP contribution < -0.4 is 5.32 Å². The molecule has 0 heterocycles. The third kappa shape index (κ3) is 4.56. The number of benzene rings is 2. The number of allylic oxidation sites excluding steroid dienone is 1. The van der Waals surface area contributed by atoms with Crippen molar-refractivity contribution in [3.05, 3.63) is 77.5 Å². The topological polar surface area (TPSA) is 55.4 Å². The van der Waals surface area contributed by atoms with Gasteiger partial charge in [-0.2, -0.15) is 0 Å². The Morgan fingerprint density at radius 1 is 1.04 bits per heavy atom. The molecular weight excluding hydrogens is 302 g/mol. The molecule has 0 unspecified atom stereocenters. The van der Waals surface area contributed by atoms with E-state index in [0.717, 1.165) is 6.42 Å². The van der Waals surface area contributed by atoms with Gasteiger partial charge in [0.25, 0.3) is 0 Å². The summed E-state index contributed by atoms with van der Waals surface area (Å²) in [6, 6.07) is 14.5. The number of aryl methyl sites for hydroxylation is 1. The number of ketones is 1. The van der Waals surface area contributed by atoms with Gasteiger partial charge in [0, 0.05) is 17.8 Å². The number of esters is 1. The lowest BCUT2D eigenvalue weighted by atomic mass is 10.1. The van der Waals surface area contributed by atoms with E-state index >= 15 is 0 Å². The van der Waals surface area contributed by atoms with Crippen molar-refractivity contribution >= 4 is 17.4 Å². The summed E-state index contributed by atoms with van der Waals surface area (Å²) in [5.74, 6) is -0.491. The molecule has 0 aliphatic carbocycles. The van der Waals surface area contributed by atoms with Crippen molar-refractivity contribution in [2.45, 2.75) is 20.3 Å². The fourth-order valence-corrected chi connectivity index (χ4v) is 2.20. The zero-order valence-corrected chi connectivity index (χ0v) is 13.9. The first kappa shape index (κ1) is 17.5. The monoisotopic (exact) mass is 323 g/mol. The third-order valence-corrected chi connectivity index (χ3v) is 3.54. The number of anilines is 1. The minimum absolute atomic E-state index is 0.0984. The van der Waals surface area contributed by atoms with Crippen molar-refractivity contribution in [3.63, 3.8) is 0 Å². The molecule has 0 atom stereocenters. The minimum Gasteiger partial charge on any atom is -0.462 e. The Kier molecular flexibility index (Phi) is 6.32. The average molecular weight is 323 g/mol. The first-order chi connectivity index (χ1) is 11.7. The molecule has 4 nitrogen and oxygen atoms in total. The Morgan fingerprint density at radius 3 is 2.42 bits per heavy atom. The van der Waals surface area contributed by atoms with Crippen LogP contribution in [-0.4, -0.2) is 18.4 Å². The molecule has 4 heteroatoms. The third-order valence-electron chi connectivity index (χ3n) is 3.54. The van der Waals surface area contributed by atoms with Gasteiger partial charge in [-0.3, -0.25) is 4.79 Å². The average Bonchev–Trinajstić information content (AvgIpc) is 2.62. The maximum absolute atomic E-state index is 12.1. The van der Waals surface area contributed by atoms with Crippen molar-refractivity contribution in [2.75, 3.05) is 11.9 Å². The van der Waals surface area contributed by atoms with E-state index in [0.29, 0.717) is 23.4 Å². The first-order valence-corrected chi connectivity index (χ1v) is 7.98. The van der Waals surface area contributed by atoms with E-state index in [4.69, 9.17) is 4.74 Å². The van der Waals surface area contributed by atoms with Crippen molar-refractivity contribution in [1.29, 1.82) is 0 Å². The fraction of sp³-hybridized carbons (Fsp3) is 0.200. The SMILES string of the molecule is CCOC(=O)c1ccccc1N/C=C/C(=O)c1ccc(CC)cc1. The van der Waals surface area contributed by atoms with Crippen molar-refractivity contribution < 1.29 is 14.3 Å². The van der Waals surface area contributed by atoms with Crippen LogP contribution in [0.4, 0.5) is 5.69 Å². The normalized spacial score (nSPS) is 10.6. The zero-order chi connectivity index (χ0) is 17.4. The van der Waals surface area contributed by atoms with Crippen LogP contribution in [0.25, 0.3) is 0 Å². The van der Waals surface area contributed by atoms with Crippen LogP contribution in [0.15, 0.2) is 60.8 Å². The molecule has 124 valence electrons. The Balaban J connectivity index is 2.05. The smallest absolute Gasteiger partial charge is 0.340 e. The lowest BCUT2D eigenvalue weighted by molar-refractivity contribution is 0.0527. The van der Waals surface area contributed by atoms with E-state index in [2.05, 4.69) is 12.2 Å². The number of hydrogen-bond acceptors (Lipinski definition) is 4. The number of carbonyl (C=O) groups is 2. The molecule has 2 rings (SSSR count). The molecule has 0 aliphatic heterocycles. The van der Waals surface area contributed by atoms with Gasteiger partial charge in [0.05, 0.1) is 17.9 Å². The summed E-state index contributed by atoms with van der Waals surface area (Å²) in [6.45, 7) is 4.15. The molecule has 0 aromatic heterocycles. The first-order valence-electron chi connectivity index (χ1n) is 7.98. The van der Waals surface area contributed by atoms with E-state index < -0.39 is 5.97 Å². The van der Waals surface area contributed by atoms with Crippen molar-refractivity contribution in [3.8, 4) is 0 Å². The lowest BCUT2D eigenvalue weighted by Crippen LogP contribution is -2.07. The van der Waals surface area contributed by atoms with Gasteiger partial charge in [-0.15, -0.1) is 0 Å². The second-order valence-electron chi connectivity index (χ2n) is 5.16. The van der Waals surface area contributed by atoms with Crippen LogP contribution in [0.5, 0.6) is 0 Å². The molecule has 0 fully saturated rings. The largest absolute Gasteiger partial charge is 0.462 e. The molecule has 24 heavy (non-hydrogen) atoms. The highest BCUT2D eigenvalue weighted by atomic mass is 16.5. The highest BCUT2D eigenvalue weighted by molar-refractivity contribution is 6.04. The lowest BCUT2D eigenvalue weighted by Gasteiger charge is -2.08. The van der Waals surface area contributed by atoms with E-state index in [1.54, 1.807) is 25.1 Å². The molecule has 0 saturated heterocycles. The summed E-state index contributed by atoms with van der Waals surface area (Å²) in [5.41, 5.74) is 2.85. The van der Waals surface area contributed by atoms with Gasteiger partial charge in [0.1, 0.15) is 0 Å². The number of nitrogens with one attached hydrogen (secondary N) is 1. The Morgan fingerprint density at radius 2 is 1.75 bits per heavy atom. The van der Waals surface area contributed by atoms with E-state index in [-0.39, 0.29) is 5.78 Å². The van der Waals surface area contributed by atoms with Gasteiger partial charge in [-0.05, 0) is 31.0 Å². The number of carbonyl (C=O) groups excluding carboxylic acids is 2. The highest BCUT2D eigenvalue weighted by Gasteiger charge is 2.10. The Hall–Kier alpha value is -2.88. The van der Waals surface area contributed by atoms with Crippen molar-refractivity contribution in [1.82, 2.24) is 0 Å². The fourth-order valence-electron chi connectivity index (χ4n) is 2.20. The molecule has 0 amide bonds. The summed E-state index contributed by atoms with van der Waals surface area (Å²) in [4.78, 5) is 24.0. The highest BCUT2D eigenvalue weighted by Crippen LogP contribution is 2.16. The quantitative estimate of drug-likeness (QED) is 0.470. The van der Waals surface area contributed by atoms with E-state index in [9.17, 15) is 9.59 Å². The molecule has 2 aromatic carbocycles. The van der Waals surface area contributed by atoms with Gasteiger partial charge in [0.2, 0.25) is 0 Å². The Labute approximate surface area is 142 Å². The summed E-state index contributed by atoms with van der Waals surface area (Å²) in [5, 5.41) is 2.97. The molecule has 1 N–H and O–H groups in total. The molecule has 0 radical (unpaired) electrons. The predicted molar refractivity (Wildman–Crippen MR) is 95.3 cm³/mol. The molecule has 0 bridgehead atoms. The predicted octanol–water partition coefficient (Wildman–Crippen LogP) is 4.23. The Bertz CT molecular complexity index is 733. The standard InChI is InChI=1S/C20H21NO3/c1-3-15-9-11-16(12-10-15)19(22)13-14-21-18-8-6-5-7-17(18)20(23)24-4-2/h5-14,21H,3-4H2,1-2H3/b14-13+. The summed E-state index contributed by atoms with van der Waals surface area (Å²) >= 11 is 0. The summed E-state index contributed by atoms with van der Waals surface area (Å²) in [7, 11) is 0. The molecule has 0 saturated carbocycles. The van der Waals surface area contributed by atoms with Gasteiger partial charge in [-0.1, -0.05) is 43.3 Å². The van der Waals surface area contributed by atoms with Crippen LogP contribution in [0, 0.1) is 0 Å². The number of rotatable bonds is 7. The van der Waals surface area contributed by atoms with Crippen LogP contribution in [0.3, 0.4) is 0 Å². The number of hydrogen-bond donors (Lipinski definition) is 1. The maximum Gasteiger partial charge on any atom is 0.340 e. The van der Waals surface area contributed by atoms with Crippen LogP contribution in [-0.2, 0) is 11.2 Å². The van der Waals surface area contributed by atoms with Gasteiger partial charge in [0.15, 0.2) is 5.78 Å². The van der Waals surface area contributed by atoms with E-state index in [1.165, 1.54) is 17.8 Å². The maximum atomic E-state index is 12.1.